The van der Waals surface area contributed by atoms with Crippen molar-refractivity contribution in [1.82, 2.24) is 4.90 Å². The third-order valence-corrected chi connectivity index (χ3v) is 7.01. The van der Waals surface area contributed by atoms with Crippen LogP contribution in [-0.2, 0) is 16.4 Å². The molecule has 5 heteroatoms. The van der Waals surface area contributed by atoms with E-state index in [-0.39, 0.29) is 6.04 Å². The molecule has 0 N–H and O–H groups in total. The van der Waals surface area contributed by atoms with Crippen LogP contribution in [0.25, 0.3) is 0 Å². The second kappa shape index (κ2) is 8.28. The van der Waals surface area contributed by atoms with E-state index in [1.165, 1.54) is 5.56 Å². The van der Waals surface area contributed by atoms with E-state index in [1.807, 2.05) is 24.3 Å². The number of nitrogens with zero attached hydrogens (tertiary/aromatic N) is 1. The first kappa shape index (κ1) is 19.0. The Balaban J connectivity index is 2.00. The second-order valence-electron chi connectivity index (χ2n) is 6.65. The first-order valence-corrected chi connectivity index (χ1v) is 10.9. The molecule has 2 aromatic rings. The van der Waals surface area contributed by atoms with Crippen LogP contribution >= 0.6 is 11.6 Å². The van der Waals surface area contributed by atoms with Crippen molar-refractivity contribution >= 4 is 21.4 Å². The molecule has 0 fully saturated rings. The summed E-state index contributed by atoms with van der Waals surface area (Å²) >= 11 is 5.91. The van der Waals surface area contributed by atoms with Crippen LogP contribution in [0.15, 0.2) is 76.2 Å². The Morgan fingerprint density at radius 1 is 1.04 bits per heavy atom. The molecule has 1 aliphatic heterocycles. The van der Waals surface area contributed by atoms with Crippen molar-refractivity contribution in [3.05, 3.63) is 76.8 Å². The Hall–Kier alpha value is -1.78. The van der Waals surface area contributed by atoms with Crippen LogP contribution in [0.4, 0.5) is 0 Å². The van der Waals surface area contributed by atoms with E-state index in [9.17, 15) is 8.42 Å². The number of benzene rings is 2. The number of hydrogen-bond donors (Lipinski definition) is 0. The van der Waals surface area contributed by atoms with Gasteiger partial charge in [-0.25, -0.2) is 8.42 Å². The quantitative estimate of drug-likeness (QED) is 0.626. The maximum atomic E-state index is 13.2. The molecular formula is C21H24ClNO2S. The molecule has 3 nitrogen and oxygen atoms in total. The Morgan fingerprint density at radius 3 is 2.27 bits per heavy atom. The SMILES string of the molecule is CC1CC(S(=O)(=O)c2ccccc2)=C(CCCCl)N1Cc1ccccc1. The van der Waals surface area contributed by atoms with Gasteiger partial charge in [-0.2, -0.15) is 0 Å². The van der Waals surface area contributed by atoms with Gasteiger partial charge < -0.3 is 4.90 Å². The average Bonchev–Trinajstić information content (AvgIpc) is 2.98. The highest BCUT2D eigenvalue weighted by atomic mass is 35.5. The summed E-state index contributed by atoms with van der Waals surface area (Å²) in [5.74, 6) is 0.524. The molecule has 0 aliphatic carbocycles. The minimum atomic E-state index is -3.48. The summed E-state index contributed by atoms with van der Waals surface area (Å²) in [6.07, 6.45) is 1.99. The number of allylic oxidation sites excluding steroid dienone is 1. The molecule has 1 unspecified atom stereocenters. The van der Waals surface area contributed by atoms with Crippen LogP contribution in [-0.4, -0.2) is 25.2 Å². The van der Waals surface area contributed by atoms with Gasteiger partial charge in [0.1, 0.15) is 0 Å². The van der Waals surface area contributed by atoms with Crippen molar-refractivity contribution in [3.8, 4) is 0 Å². The summed E-state index contributed by atoms with van der Waals surface area (Å²) < 4.78 is 26.5. The standard InChI is InChI=1S/C21H24ClNO2S/c1-17-15-21(26(24,25)19-11-6-3-7-12-19)20(13-8-14-22)23(17)16-18-9-4-2-5-10-18/h2-7,9-12,17H,8,13-16H2,1H3. The second-order valence-corrected chi connectivity index (χ2v) is 8.99. The fraction of sp³-hybridized carbons (Fsp3) is 0.333. The zero-order valence-electron chi connectivity index (χ0n) is 14.9. The van der Waals surface area contributed by atoms with E-state index in [1.54, 1.807) is 24.3 Å². The number of rotatable bonds is 7. The van der Waals surface area contributed by atoms with Gasteiger partial charge in [0.25, 0.3) is 0 Å². The zero-order valence-corrected chi connectivity index (χ0v) is 16.5. The van der Waals surface area contributed by atoms with E-state index >= 15 is 0 Å². The molecule has 1 atom stereocenters. The summed E-state index contributed by atoms with van der Waals surface area (Å²) in [6, 6.07) is 19.0. The molecule has 0 saturated carbocycles. The topological polar surface area (TPSA) is 37.4 Å². The predicted molar refractivity (Wildman–Crippen MR) is 107 cm³/mol. The predicted octanol–water partition coefficient (Wildman–Crippen LogP) is 4.99. The average molecular weight is 390 g/mol. The lowest BCUT2D eigenvalue weighted by Gasteiger charge is -2.27. The molecule has 1 heterocycles. The summed E-state index contributed by atoms with van der Waals surface area (Å²) in [5.41, 5.74) is 2.10. The smallest absolute Gasteiger partial charge is 0.204 e. The lowest BCUT2D eigenvalue weighted by Crippen LogP contribution is -2.27. The Morgan fingerprint density at radius 2 is 1.65 bits per heavy atom. The number of alkyl halides is 1. The highest BCUT2D eigenvalue weighted by Gasteiger charge is 2.35. The van der Waals surface area contributed by atoms with Crippen LogP contribution in [0.2, 0.25) is 0 Å². The maximum absolute atomic E-state index is 13.2. The lowest BCUT2D eigenvalue weighted by molar-refractivity contribution is 0.277. The fourth-order valence-corrected chi connectivity index (χ4v) is 5.40. The van der Waals surface area contributed by atoms with Gasteiger partial charge in [0, 0.05) is 30.6 Å². The van der Waals surface area contributed by atoms with E-state index < -0.39 is 9.84 Å². The minimum Gasteiger partial charge on any atom is -0.367 e. The molecule has 0 bridgehead atoms. The van der Waals surface area contributed by atoms with Crippen LogP contribution in [0.1, 0.15) is 31.7 Å². The molecule has 3 rings (SSSR count). The van der Waals surface area contributed by atoms with Crippen LogP contribution < -0.4 is 0 Å². The first-order valence-electron chi connectivity index (χ1n) is 8.92. The Kier molecular flexibility index (Phi) is 6.05. The van der Waals surface area contributed by atoms with Gasteiger partial charge in [0.2, 0.25) is 9.84 Å². The first-order chi connectivity index (χ1) is 12.5. The van der Waals surface area contributed by atoms with Gasteiger partial charge in [0.15, 0.2) is 0 Å². The Labute approximate surface area is 161 Å². The highest BCUT2D eigenvalue weighted by molar-refractivity contribution is 7.95. The molecule has 26 heavy (non-hydrogen) atoms. The summed E-state index contributed by atoms with van der Waals surface area (Å²) in [6.45, 7) is 2.81. The van der Waals surface area contributed by atoms with E-state index in [0.29, 0.717) is 35.1 Å². The minimum absolute atomic E-state index is 0.147. The van der Waals surface area contributed by atoms with Gasteiger partial charge in [-0.15, -0.1) is 11.6 Å². The van der Waals surface area contributed by atoms with Crippen LogP contribution in [0.5, 0.6) is 0 Å². The molecule has 2 aromatic carbocycles. The van der Waals surface area contributed by atoms with Gasteiger partial charge >= 0.3 is 0 Å². The molecule has 1 aliphatic rings. The van der Waals surface area contributed by atoms with Gasteiger partial charge in [0.05, 0.1) is 9.80 Å². The molecule has 138 valence electrons. The van der Waals surface area contributed by atoms with Crippen LogP contribution in [0, 0.1) is 0 Å². The third-order valence-electron chi connectivity index (χ3n) is 4.80. The normalized spacial score (nSPS) is 17.8. The van der Waals surface area contributed by atoms with Crippen molar-refractivity contribution in [2.45, 2.75) is 43.7 Å². The molecular weight excluding hydrogens is 366 g/mol. The van der Waals surface area contributed by atoms with Crippen molar-refractivity contribution in [1.29, 1.82) is 0 Å². The number of hydrogen-bond acceptors (Lipinski definition) is 3. The third kappa shape index (κ3) is 3.97. The van der Waals surface area contributed by atoms with Crippen LogP contribution in [0.3, 0.4) is 0 Å². The molecule has 0 spiro atoms. The van der Waals surface area contributed by atoms with E-state index in [0.717, 1.165) is 12.1 Å². The van der Waals surface area contributed by atoms with Gasteiger partial charge in [-0.05, 0) is 37.5 Å². The largest absolute Gasteiger partial charge is 0.367 e. The fourth-order valence-electron chi connectivity index (χ4n) is 3.48. The van der Waals surface area contributed by atoms with Crippen molar-refractivity contribution < 1.29 is 8.42 Å². The molecule has 0 radical (unpaired) electrons. The van der Waals surface area contributed by atoms with E-state index in [4.69, 9.17) is 11.6 Å². The van der Waals surface area contributed by atoms with Gasteiger partial charge in [-0.1, -0.05) is 48.5 Å². The number of sulfone groups is 1. The maximum Gasteiger partial charge on any atom is 0.204 e. The Bertz CT molecular complexity index is 863. The number of halogens is 1. The molecule has 0 aromatic heterocycles. The summed E-state index contributed by atoms with van der Waals surface area (Å²) in [5, 5.41) is 0. The zero-order chi connectivity index (χ0) is 18.6. The van der Waals surface area contributed by atoms with Crippen molar-refractivity contribution in [3.63, 3.8) is 0 Å². The summed E-state index contributed by atoms with van der Waals surface area (Å²) in [4.78, 5) is 3.15. The highest BCUT2D eigenvalue weighted by Crippen LogP contribution is 2.38. The van der Waals surface area contributed by atoms with Crippen molar-refractivity contribution in [2.24, 2.45) is 0 Å². The monoisotopic (exact) mass is 389 g/mol. The lowest BCUT2D eigenvalue weighted by atomic mass is 10.1. The van der Waals surface area contributed by atoms with Crippen molar-refractivity contribution in [2.75, 3.05) is 5.88 Å². The summed E-state index contributed by atoms with van der Waals surface area (Å²) in [7, 11) is -3.48. The van der Waals surface area contributed by atoms with Gasteiger partial charge in [-0.3, -0.25) is 0 Å². The molecule has 0 amide bonds. The molecule has 0 saturated heterocycles. The van der Waals surface area contributed by atoms with E-state index in [2.05, 4.69) is 24.0 Å².